The zero-order valence-electron chi connectivity index (χ0n) is 9.58. The summed E-state index contributed by atoms with van der Waals surface area (Å²) in [5.74, 6) is 1.70. The first-order chi connectivity index (χ1) is 7.22. The molecular formula is C12H19N3. The normalized spacial score (nSPS) is 15.7. The van der Waals surface area contributed by atoms with Gasteiger partial charge in [0.2, 0.25) is 0 Å². The quantitative estimate of drug-likeness (QED) is 0.816. The molecule has 0 amide bonds. The summed E-state index contributed by atoms with van der Waals surface area (Å²) >= 11 is 0. The first-order valence-electron chi connectivity index (χ1n) is 5.76. The van der Waals surface area contributed by atoms with E-state index in [0.29, 0.717) is 5.92 Å². The average molecular weight is 205 g/mol. The molecule has 82 valence electrons. The number of hydrogen-bond acceptors (Lipinski definition) is 3. The van der Waals surface area contributed by atoms with E-state index in [2.05, 4.69) is 23.8 Å². The minimum absolute atomic E-state index is 0.644. The van der Waals surface area contributed by atoms with E-state index in [-0.39, 0.29) is 0 Å². The van der Waals surface area contributed by atoms with Crippen LogP contribution in [0.3, 0.4) is 0 Å². The van der Waals surface area contributed by atoms with Gasteiger partial charge in [0.05, 0.1) is 0 Å². The largest absolute Gasteiger partial charge is 0.330 e. The summed E-state index contributed by atoms with van der Waals surface area (Å²) < 4.78 is 0. The van der Waals surface area contributed by atoms with Crippen molar-refractivity contribution in [2.24, 2.45) is 5.73 Å². The monoisotopic (exact) mass is 205 g/mol. The molecule has 1 aromatic heterocycles. The fourth-order valence-corrected chi connectivity index (χ4v) is 1.93. The van der Waals surface area contributed by atoms with Gasteiger partial charge in [-0.1, -0.05) is 0 Å². The van der Waals surface area contributed by atoms with Crippen LogP contribution < -0.4 is 5.73 Å². The summed E-state index contributed by atoms with van der Waals surface area (Å²) in [6, 6.07) is 0. The molecule has 1 aromatic rings. The molecule has 0 spiro atoms. The van der Waals surface area contributed by atoms with Gasteiger partial charge in [0, 0.05) is 17.3 Å². The Labute approximate surface area is 91.1 Å². The van der Waals surface area contributed by atoms with Gasteiger partial charge in [-0.25, -0.2) is 9.97 Å². The summed E-state index contributed by atoms with van der Waals surface area (Å²) in [4.78, 5) is 9.19. The third kappa shape index (κ3) is 2.34. The maximum Gasteiger partial charge on any atom is 0.131 e. The molecule has 15 heavy (non-hydrogen) atoms. The molecule has 0 bridgehead atoms. The van der Waals surface area contributed by atoms with Crippen LogP contribution in [0.1, 0.15) is 48.0 Å². The van der Waals surface area contributed by atoms with Crippen molar-refractivity contribution in [2.45, 2.75) is 45.4 Å². The van der Waals surface area contributed by atoms with Gasteiger partial charge >= 0.3 is 0 Å². The average Bonchev–Trinajstić information content (AvgIpc) is 2.99. The second-order valence-electron chi connectivity index (χ2n) is 4.40. The van der Waals surface area contributed by atoms with E-state index in [1.807, 2.05) is 0 Å². The Hall–Kier alpha value is -0.960. The number of aromatic nitrogens is 2. The van der Waals surface area contributed by atoms with Crippen molar-refractivity contribution in [1.29, 1.82) is 0 Å². The van der Waals surface area contributed by atoms with Crippen LogP contribution in [0.4, 0.5) is 0 Å². The van der Waals surface area contributed by atoms with E-state index in [0.717, 1.165) is 36.6 Å². The predicted molar refractivity (Wildman–Crippen MR) is 60.9 cm³/mol. The summed E-state index contributed by atoms with van der Waals surface area (Å²) in [6.07, 6.45) is 4.56. The minimum atomic E-state index is 0.644. The maximum atomic E-state index is 5.52. The van der Waals surface area contributed by atoms with Crippen LogP contribution in [0.2, 0.25) is 0 Å². The molecule has 3 heteroatoms. The molecule has 0 aliphatic heterocycles. The van der Waals surface area contributed by atoms with Gasteiger partial charge in [0.1, 0.15) is 5.82 Å². The fraction of sp³-hybridized carbons (Fsp3) is 0.667. The molecule has 1 aliphatic carbocycles. The summed E-state index contributed by atoms with van der Waals surface area (Å²) in [5.41, 5.74) is 9.12. The molecule has 3 nitrogen and oxygen atoms in total. The zero-order valence-corrected chi connectivity index (χ0v) is 9.58. The molecule has 1 saturated carbocycles. The van der Waals surface area contributed by atoms with Crippen LogP contribution in [0.15, 0.2) is 0 Å². The fourth-order valence-electron chi connectivity index (χ4n) is 1.93. The van der Waals surface area contributed by atoms with Crippen LogP contribution in [0, 0.1) is 13.8 Å². The van der Waals surface area contributed by atoms with E-state index >= 15 is 0 Å². The third-order valence-electron chi connectivity index (χ3n) is 3.01. The van der Waals surface area contributed by atoms with Crippen LogP contribution in [0.5, 0.6) is 0 Å². The SMILES string of the molecule is Cc1nc(C2CC2)nc(C)c1CCCN. The lowest BCUT2D eigenvalue weighted by atomic mass is 10.1. The van der Waals surface area contributed by atoms with Crippen molar-refractivity contribution in [3.05, 3.63) is 22.8 Å². The van der Waals surface area contributed by atoms with Crippen molar-refractivity contribution in [2.75, 3.05) is 6.54 Å². The van der Waals surface area contributed by atoms with Crippen LogP contribution in [0.25, 0.3) is 0 Å². The second kappa shape index (κ2) is 4.27. The maximum absolute atomic E-state index is 5.52. The Bertz CT molecular complexity index is 333. The Morgan fingerprint density at radius 3 is 2.27 bits per heavy atom. The highest BCUT2D eigenvalue weighted by molar-refractivity contribution is 5.26. The summed E-state index contributed by atoms with van der Waals surface area (Å²) in [7, 11) is 0. The number of nitrogens with zero attached hydrogens (tertiary/aromatic N) is 2. The molecule has 2 N–H and O–H groups in total. The van der Waals surface area contributed by atoms with Crippen LogP contribution >= 0.6 is 0 Å². The molecule has 2 rings (SSSR count). The van der Waals surface area contributed by atoms with E-state index in [1.165, 1.54) is 18.4 Å². The number of aryl methyl sites for hydroxylation is 2. The Balaban J connectivity index is 2.22. The molecule has 1 fully saturated rings. The smallest absolute Gasteiger partial charge is 0.131 e. The van der Waals surface area contributed by atoms with Crippen LogP contribution in [-0.4, -0.2) is 16.5 Å². The van der Waals surface area contributed by atoms with Gasteiger partial charge < -0.3 is 5.73 Å². The lowest BCUT2D eigenvalue weighted by Crippen LogP contribution is -2.07. The number of hydrogen-bond donors (Lipinski definition) is 1. The topological polar surface area (TPSA) is 51.8 Å². The van der Waals surface area contributed by atoms with E-state index in [9.17, 15) is 0 Å². The van der Waals surface area contributed by atoms with Gasteiger partial charge in [-0.15, -0.1) is 0 Å². The van der Waals surface area contributed by atoms with Gasteiger partial charge in [0.25, 0.3) is 0 Å². The van der Waals surface area contributed by atoms with Crippen molar-refractivity contribution < 1.29 is 0 Å². The van der Waals surface area contributed by atoms with Crippen molar-refractivity contribution in [1.82, 2.24) is 9.97 Å². The third-order valence-corrected chi connectivity index (χ3v) is 3.01. The minimum Gasteiger partial charge on any atom is -0.330 e. The first-order valence-corrected chi connectivity index (χ1v) is 5.76. The number of nitrogens with two attached hydrogens (primary N) is 1. The molecule has 0 saturated heterocycles. The number of rotatable bonds is 4. The van der Waals surface area contributed by atoms with Crippen molar-refractivity contribution >= 4 is 0 Å². The van der Waals surface area contributed by atoms with Crippen molar-refractivity contribution in [3.63, 3.8) is 0 Å². The molecule has 0 radical (unpaired) electrons. The van der Waals surface area contributed by atoms with E-state index in [1.54, 1.807) is 0 Å². The Morgan fingerprint density at radius 2 is 1.80 bits per heavy atom. The second-order valence-corrected chi connectivity index (χ2v) is 4.40. The lowest BCUT2D eigenvalue weighted by molar-refractivity contribution is 0.785. The summed E-state index contributed by atoms with van der Waals surface area (Å²) in [5, 5.41) is 0. The van der Waals surface area contributed by atoms with E-state index < -0.39 is 0 Å². The highest BCUT2D eigenvalue weighted by atomic mass is 14.9. The van der Waals surface area contributed by atoms with Crippen molar-refractivity contribution in [3.8, 4) is 0 Å². The zero-order chi connectivity index (χ0) is 10.8. The molecule has 1 aliphatic rings. The molecule has 0 unspecified atom stereocenters. The van der Waals surface area contributed by atoms with Gasteiger partial charge in [-0.3, -0.25) is 0 Å². The molecular weight excluding hydrogens is 186 g/mol. The van der Waals surface area contributed by atoms with Gasteiger partial charge in [0.15, 0.2) is 0 Å². The highest BCUT2D eigenvalue weighted by Gasteiger charge is 2.27. The molecule has 0 atom stereocenters. The summed E-state index contributed by atoms with van der Waals surface area (Å²) in [6.45, 7) is 4.92. The van der Waals surface area contributed by atoms with Gasteiger partial charge in [-0.2, -0.15) is 0 Å². The van der Waals surface area contributed by atoms with Crippen LogP contribution in [-0.2, 0) is 6.42 Å². The highest BCUT2D eigenvalue weighted by Crippen LogP contribution is 2.38. The Morgan fingerprint density at radius 1 is 1.20 bits per heavy atom. The predicted octanol–water partition coefficient (Wildman–Crippen LogP) is 1.86. The van der Waals surface area contributed by atoms with Gasteiger partial charge in [-0.05, 0) is 51.6 Å². The lowest BCUT2D eigenvalue weighted by Gasteiger charge is -2.09. The standard InChI is InChI=1S/C12H19N3/c1-8-11(4-3-7-13)9(2)15-12(14-8)10-5-6-10/h10H,3-7,13H2,1-2H3. The Kier molecular flexibility index (Phi) is 3.00. The molecule has 0 aromatic carbocycles. The molecule has 1 heterocycles. The van der Waals surface area contributed by atoms with E-state index in [4.69, 9.17) is 5.73 Å². The first kappa shape index (κ1) is 10.6.